The Morgan fingerprint density at radius 3 is 2.96 bits per heavy atom. The highest BCUT2D eigenvalue weighted by atomic mass is 127. The van der Waals surface area contributed by atoms with Crippen LogP contribution in [0.5, 0.6) is 0 Å². The third-order valence-corrected chi connectivity index (χ3v) is 5.23. The Hall–Kier alpha value is -0.120. The number of rotatable bonds is 5. The van der Waals surface area contributed by atoms with Crippen LogP contribution in [-0.2, 0) is 9.47 Å². The highest BCUT2D eigenvalue weighted by Gasteiger charge is 2.32. The van der Waals surface area contributed by atoms with Crippen molar-refractivity contribution >= 4 is 29.9 Å². The Bertz CT molecular complexity index is 410. The molecule has 0 aromatic heterocycles. The van der Waals surface area contributed by atoms with Gasteiger partial charge in [-0.3, -0.25) is 9.89 Å². The van der Waals surface area contributed by atoms with E-state index in [1.165, 1.54) is 25.8 Å². The molecule has 140 valence electrons. The Morgan fingerprint density at radius 1 is 1.29 bits per heavy atom. The molecule has 3 saturated heterocycles. The van der Waals surface area contributed by atoms with Crippen LogP contribution < -0.4 is 5.32 Å². The standard InChI is InChI=1S/C17H32N4O2.HI/c1-3-18-17(21-8-6-14(10-21)12-22-2)19-9-16-11-20-7-4-5-15(20)13-23-16;/h14-16H,3-13H2,1-2H3,(H,18,19);1H. The van der Waals surface area contributed by atoms with Crippen LogP contribution in [-0.4, -0.2) is 87.5 Å². The minimum atomic E-state index is 0. The van der Waals surface area contributed by atoms with E-state index in [0.717, 1.165) is 51.9 Å². The Kier molecular flexibility index (Phi) is 8.53. The molecular weight excluding hydrogens is 419 g/mol. The highest BCUT2D eigenvalue weighted by molar-refractivity contribution is 14.0. The summed E-state index contributed by atoms with van der Waals surface area (Å²) in [5.74, 6) is 1.67. The molecule has 24 heavy (non-hydrogen) atoms. The van der Waals surface area contributed by atoms with Gasteiger partial charge in [-0.15, -0.1) is 24.0 Å². The molecule has 0 aromatic rings. The number of nitrogens with zero attached hydrogens (tertiary/aromatic N) is 3. The third-order valence-electron chi connectivity index (χ3n) is 5.23. The fourth-order valence-corrected chi connectivity index (χ4v) is 4.01. The molecule has 3 atom stereocenters. The van der Waals surface area contributed by atoms with E-state index in [1.807, 2.05) is 0 Å². The van der Waals surface area contributed by atoms with Crippen LogP contribution in [0.2, 0.25) is 0 Å². The summed E-state index contributed by atoms with van der Waals surface area (Å²) in [6.45, 7) is 9.91. The lowest BCUT2D eigenvalue weighted by molar-refractivity contribution is -0.0432. The van der Waals surface area contributed by atoms with Crippen molar-refractivity contribution in [3.63, 3.8) is 0 Å². The summed E-state index contributed by atoms with van der Waals surface area (Å²) in [5, 5.41) is 3.44. The van der Waals surface area contributed by atoms with Gasteiger partial charge in [-0.05, 0) is 32.7 Å². The maximum absolute atomic E-state index is 6.03. The normalized spacial score (nSPS) is 31.0. The van der Waals surface area contributed by atoms with E-state index in [1.54, 1.807) is 7.11 Å². The molecule has 3 aliphatic rings. The van der Waals surface area contributed by atoms with Gasteiger partial charge in [-0.2, -0.15) is 0 Å². The molecular formula is C17H33IN4O2. The minimum Gasteiger partial charge on any atom is -0.384 e. The maximum Gasteiger partial charge on any atom is 0.194 e. The minimum absolute atomic E-state index is 0. The molecule has 0 radical (unpaired) electrons. The Labute approximate surface area is 163 Å². The Balaban J connectivity index is 0.00000208. The Morgan fingerprint density at radius 2 is 2.17 bits per heavy atom. The van der Waals surface area contributed by atoms with E-state index >= 15 is 0 Å². The van der Waals surface area contributed by atoms with E-state index in [0.29, 0.717) is 12.0 Å². The lowest BCUT2D eigenvalue weighted by Crippen LogP contribution is -2.48. The van der Waals surface area contributed by atoms with Crippen LogP contribution >= 0.6 is 24.0 Å². The van der Waals surface area contributed by atoms with Gasteiger partial charge >= 0.3 is 0 Å². The predicted octanol–water partition coefficient (Wildman–Crippen LogP) is 1.40. The van der Waals surface area contributed by atoms with Gasteiger partial charge in [0.05, 0.1) is 25.9 Å². The zero-order valence-electron chi connectivity index (χ0n) is 15.1. The smallest absolute Gasteiger partial charge is 0.194 e. The molecule has 3 rings (SSSR count). The fraction of sp³-hybridized carbons (Fsp3) is 0.941. The molecule has 0 spiro atoms. The average Bonchev–Trinajstić information content (AvgIpc) is 3.20. The zero-order valence-corrected chi connectivity index (χ0v) is 17.4. The lowest BCUT2D eigenvalue weighted by Gasteiger charge is -2.34. The molecule has 0 aliphatic carbocycles. The van der Waals surface area contributed by atoms with Crippen molar-refractivity contribution in [1.29, 1.82) is 0 Å². The summed E-state index contributed by atoms with van der Waals surface area (Å²) < 4.78 is 11.3. The van der Waals surface area contributed by atoms with Crippen molar-refractivity contribution in [2.24, 2.45) is 10.9 Å². The zero-order chi connectivity index (χ0) is 16.1. The summed E-state index contributed by atoms with van der Waals surface area (Å²) in [6, 6.07) is 0.664. The third kappa shape index (κ3) is 5.19. The van der Waals surface area contributed by atoms with Crippen molar-refractivity contribution in [2.45, 2.75) is 38.3 Å². The SMILES string of the molecule is CCNC(=NCC1CN2CCCC2CO1)N1CCC(COC)C1.I. The maximum atomic E-state index is 6.03. The highest BCUT2D eigenvalue weighted by Crippen LogP contribution is 2.23. The van der Waals surface area contributed by atoms with Crippen molar-refractivity contribution in [3.05, 3.63) is 0 Å². The van der Waals surface area contributed by atoms with Crippen LogP contribution in [0.25, 0.3) is 0 Å². The number of guanidine groups is 1. The van der Waals surface area contributed by atoms with Gasteiger partial charge in [0.2, 0.25) is 0 Å². The largest absolute Gasteiger partial charge is 0.384 e. The lowest BCUT2D eigenvalue weighted by atomic mass is 10.1. The first-order chi connectivity index (χ1) is 11.3. The summed E-state index contributed by atoms with van der Waals surface area (Å²) in [4.78, 5) is 9.82. The van der Waals surface area contributed by atoms with Crippen LogP contribution in [0.1, 0.15) is 26.2 Å². The van der Waals surface area contributed by atoms with E-state index in [2.05, 4.69) is 22.0 Å². The first-order valence-corrected chi connectivity index (χ1v) is 9.18. The number of aliphatic imine (C=N–C) groups is 1. The number of ether oxygens (including phenoxy) is 2. The summed E-state index contributed by atoms with van der Waals surface area (Å²) in [7, 11) is 1.79. The van der Waals surface area contributed by atoms with Gasteiger partial charge < -0.3 is 19.7 Å². The van der Waals surface area contributed by atoms with Gasteiger partial charge in [-0.1, -0.05) is 0 Å². The molecule has 0 saturated carbocycles. The second-order valence-electron chi connectivity index (χ2n) is 7.00. The van der Waals surface area contributed by atoms with Gasteiger partial charge in [0.25, 0.3) is 0 Å². The number of likely N-dealkylation sites (tertiary alicyclic amines) is 1. The number of nitrogens with one attached hydrogen (secondary N) is 1. The van der Waals surface area contributed by atoms with Crippen LogP contribution in [0, 0.1) is 5.92 Å². The number of methoxy groups -OCH3 is 1. The van der Waals surface area contributed by atoms with E-state index < -0.39 is 0 Å². The molecule has 0 amide bonds. The van der Waals surface area contributed by atoms with Crippen LogP contribution in [0.15, 0.2) is 4.99 Å². The van der Waals surface area contributed by atoms with Crippen LogP contribution in [0.4, 0.5) is 0 Å². The summed E-state index contributed by atoms with van der Waals surface area (Å²) in [5.41, 5.74) is 0. The second-order valence-corrected chi connectivity index (χ2v) is 7.00. The molecule has 0 bridgehead atoms. The van der Waals surface area contributed by atoms with E-state index in [4.69, 9.17) is 14.5 Å². The van der Waals surface area contributed by atoms with Crippen molar-refractivity contribution < 1.29 is 9.47 Å². The first-order valence-electron chi connectivity index (χ1n) is 9.18. The van der Waals surface area contributed by atoms with E-state index in [9.17, 15) is 0 Å². The molecule has 1 N–H and O–H groups in total. The van der Waals surface area contributed by atoms with Gasteiger partial charge in [0, 0.05) is 45.2 Å². The van der Waals surface area contributed by atoms with E-state index in [-0.39, 0.29) is 30.1 Å². The molecule has 6 nitrogen and oxygen atoms in total. The number of halogens is 1. The molecule has 0 aromatic carbocycles. The molecule has 3 unspecified atom stereocenters. The van der Waals surface area contributed by atoms with Crippen molar-refractivity contribution in [3.8, 4) is 0 Å². The molecule has 3 heterocycles. The number of morpholine rings is 1. The quantitative estimate of drug-likeness (QED) is 0.389. The molecule has 3 aliphatic heterocycles. The first kappa shape index (κ1) is 20.2. The van der Waals surface area contributed by atoms with Gasteiger partial charge in [0.1, 0.15) is 0 Å². The topological polar surface area (TPSA) is 49.3 Å². The average molecular weight is 452 g/mol. The predicted molar refractivity (Wildman–Crippen MR) is 107 cm³/mol. The number of hydrogen-bond donors (Lipinski definition) is 1. The molecule has 3 fully saturated rings. The van der Waals surface area contributed by atoms with Gasteiger partial charge in [-0.25, -0.2) is 0 Å². The number of hydrogen-bond acceptors (Lipinski definition) is 4. The monoisotopic (exact) mass is 452 g/mol. The summed E-state index contributed by atoms with van der Waals surface area (Å²) in [6.07, 6.45) is 4.05. The van der Waals surface area contributed by atoms with Gasteiger partial charge in [0.15, 0.2) is 5.96 Å². The van der Waals surface area contributed by atoms with Crippen molar-refractivity contribution in [1.82, 2.24) is 15.1 Å². The van der Waals surface area contributed by atoms with Crippen molar-refractivity contribution in [2.75, 3.05) is 59.6 Å². The van der Waals surface area contributed by atoms with Crippen LogP contribution in [0.3, 0.4) is 0 Å². The fourth-order valence-electron chi connectivity index (χ4n) is 4.01. The molecule has 7 heteroatoms. The number of fused-ring (bicyclic) bond motifs is 1. The second kappa shape index (κ2) is 10.1. The summed E-state index contributed by atoms with van der Waals surface area (Å²) >= 11 is 0.